The Hall–Kier alpha value is -1.99. The minimum absolute atomic E-state index is 0.0267. The second-order valence-electron chi connectivity index (χ2n) is 7.03. The molecule has 0 spiro atoms. The Morgan fingerprint density at radius 2 is 1.89 bits per heavy atom. The van der Waals surface area contributed by atoms with Crippen LogP contribution in [-0.2, 0) is 14.4 Å². The van der Waals surface area contributed by atoms with Gasteiger partial charge in [0.05, 0.1) is 0 Å². The summed E-state index contributed by atoms with van der Waals surface area (Å²) in [6.07, 6.45) is 0.422. The van der Waals surface area contributed by atoms with Crippen LogP contribution in [0.15, 0.2) is 47.4 Å². The fourth-order valence-electron chi connectivity index (χ4n) is 3.39. The Bertz CT molecular complexity index is 901. The molecule has 7 heteroatoms. The lowest BCUT2D eigenvalue weighted by Gasteiger charge is -2.24. The van der Waals surface area contributed by atoms with E-state index in [1.807, 2.05) is 18.2 Å². The van der Waals surface area contributed by atoms with E-state index in [1.165, 1.54) is 11.8 Å². The first-order chi connectivity index (χ1) is 13.3. The number of benzene rings is 2. The number of carboxylic acid groups (broad SMARTS) is 1. The van der Waals surface area contributed by atoms with E-state index in [2.05, 4.69) is 24.3 Å². The van der Waals surface area contributed by atoms with Crippen molar-refractivity contribution in [1.82, 2.24) is 4.90 Å². The van der Waals surface area contributed by atoms with Crippen molar-refractivity contribution in [3.8, 4) is 0 Å². The Morgan fingerprint density at radius 1 is 1.18 bits per heavy atom. The van der Waals surface area contributed by atoms with Gasteiger partial charge in [0.2, 0.25) is 5.91 Å². The number of carbonyl (C=O) groups excluding carboxylic acids is 2. The van der Waals surface area contributed by atoms with Gasteiger partial charge in [-0.25, -0.2) is 4.79 Å². The minimum atomic E-state index is -0.971. The molecule has 1 N–H and O–H groups in total. The van der Waals surface area contributed by atoms with Gasteiger partial charge in [-0.2, -0.15) is 0 Å². The summed E-state index contributed by atoms with van der Waals surface area (Å²) in [6, 6.07) is 13.5. The van der Waals surface area contributed by atoms with Crippen LogP contribution in [0.1, 0.15) is 20.3 Å². The molecule has 0 bridgehead atoms. The molecule has 1 heterocycles. The van der Waals surface area contributed by atoms with E-state index < -0.39 is 12.0 Å². The molecule has 2 aromatic carbocycles. The Kier molecular flexibility index (Phi) is 6.67. The van der Waals surface area contributed by atoms with E-state index in [4.69, 9.17) is 0 Å². The lowest BCUT2D eigenvalue weighted by atomic mass is 10.1. The Morgan fingerprint density at radius 3 is 2.57 bits per heavy atom. The summed E-state index contributed by atoms with van der Waals surface area (Å²) in [5.74, 6) is -1.18. The molecule has 148 valence electrons. The fraction of sp³-hybridized carbons (Fsp3) is 0.381. The van der Waals surface area contributed by atoms with Gasteiger partial charge in [-0.1, -0.05) is 49.0 Å². The summed E-state index contributed by atoms with van der Waals surface area (Å²) in [5, 5.41) is 11.9. The van der Waals surface area contributed by atoms with Gasteiger partial charge in [-0.3, -0.25) is 9.59 Å². The van der Waals surface area contributed by atoms with E-state index >= 15 is 0 Å². The number of carboxylic acids is 1. The number of rotatable bonds is 6. The van der Waals surface area contributed by atoms with Gasteiger partial charge in [0.25, 0.3) is 0 Å². The summed E-state index contributed by atoms with van der Waals surface area (Å²) in [4.78, 5) is 38.2. The van der Waals surface area contributed by atoms with E-state index in [9.17, 15) is 19.5 Å². The summed E-state index contributed by atoms with van der Waals surface area (Å²) >= 11 is 2.72. The lowest BCUT2D eigenvalue weighted by molar-refractivity contribution is -0.149. The van der Waals surface area contributed by atoms with Crippen molar-refractivity contribution in [1.29, 1.82) is 0 Å². The van der Waals surface area contributed by atoms with Crippen molar-refractivity contribution >= 4 is 51.3 Å². The summed E-state index contributed by atoms with van der Waals surface area (Å²) in [6.45, 7) is 3.62. The van der Waals surface area contributed by atoms with Crippen LogP contribution >= 0.6 is 23.5 Å². The van der Waals surface area contributed by atoms with Crippen molar-refractivity contribution in [3.63, 3.8) is 0 Å². The first-order valence-electron chi connectivity index (χ1n) is 9.17. The van der Waals surface area contributed by atoms with Crippen LogP contribution in [0, 0.1) is 5.92 Å². The summed E-state index contributed by atoms with van der Waals surface area (Å²) in [5.41, 5.74) is 0. The van der Waals surface area contributed by atoms with Gasteiger partial charge in [-0.05, 0) is 29.3 Å². The van der Waals surface area contributed by atoms with E-state index in [0.717, 1.165) is 27.4 Å². The predicted molar refractivity (Wildman–Crippen MR) is 114 cm³/mol. The zero-order chi connectivity index (χ0) is 20.3. The number of amides is 1. The standard InChI is InChI=1S/C21H23NO4S2/c1-13(12-27-14(2)23)20(24)22-11-18(10-19(22)21(25)26)28-17-8-7-15-5-3-4-6-16(15)9-17/h3-9,13,18-19H,10-12H2,1-2H3,(H,25,26)/t13?,18?,19-/m0/s1. The van der Waals surface area contributed by atoms with Crippen molar-refractivity contribution in [2.75, 3.05) is 12.3 Å². The highest BCUT2D eigenvalue weighted by molar-refractivity contribution is 8.13. The Labute approximate surface area is 172 Å². The molecule has 28 heavy (non-hydrogen) atoms. The largest absolute Gasteiger partial charge is 0.480 e. The maximum absolute atomic E-state index is 12.8. The molecule has 1 saturated heterocycles. The van der Waals surface area contributed by atoms with E-state index in [-0.39, 0.29) is 22.2 Å². The van der Waals surface area contributed by atoms with Crippen LogP contribution in [0.25, 0.3) is 10.8 Å². The highest BCUT2D eigenvalue weighted by Crippen LogP contribution is 2.35. The van der Waals surface area contributed by atoms with Crippen LogP contribution in [-0.4, -0.2) is 50.6 Å². The number of likely N-dealkylation sites (tertiary alicyclic amines) is 1. The number of carbonyl (C=O) groups is 3. The van der Waals surface area contributed by atoms with Gasteiger partial charge >= 0.3 is 5.97 Å². The third-order valence-electron chi connectivity index (χ3n) is 4.81. The second-order valence-corrected chi connectivity index (χ2v) is 9.60. The third-order valence-corrected chi connectivity index (χ3v) is 7.09. The highest BCUT2D eigenvalue weighted by atomic mass is 32.2. The molecular weight excluding hydrogens is 394 g/mol. The minimum Gasteiger partial charge on any atom is -0.480 e. The van der Waals surface area contributed by atoms with Crippen LogP contribution < -0.4 is 0 Å². The molecule has 1 aliphatic rings. The average molecular weight is 418 g/mol. The topological polar surface area (TPSA) is 74.7 Å². The monoisotopic (exact) mass is 417 g/mol. The summed E-state index contributed by atoms with van der Waals surface area (Å²) in [7, 11) is 0. The van der Waals surface area contributed by atoms with Crippen molar-refractivity contribution in [2.45, 2.75) is 36.5 Å². The maximum Gasteiger partial charge on any atom is 0.326 e. The van der Waals surface area contributed by atoms with Crippen LogP contribution in [0.5, 0.6) is 0 Å². The van der Waals surface area contributed by atoms with Gasteiger partial charge in [-0.15, -0.1) is 11.8 Å². The van der Waals surface area contributed by atoms with E-state index in [0.29, 0.717) is 18.7 Å². The molecule has 3 rings (SSSR count). The molecule has 1 fully saturated rings. The highest BCUT2D eigenvalue weighted by Gasteiger charge is 2.41. The van der Waals surface area contributed by atoms with Crippen molar-refractivity contribution in [3.05, 3.63) is 42.5 Å². The molecular formula is C21H23NO4S2. The number of nitrogens with zero attached hydrogens (tertiary/aromatic N) is 1. The molecule has 1 amide bonds. The Balaban J connectivity index is 1.70. The quantitative estimate of drug-likeness (QED) is 0.768. The molecule has 2 unspecified atom stereocenters. The van der Waals surface area contributed by atoms with Gasteiger partial charge < -0.3 is 10.0 Å². The van der Waals surface area contributed by atoms with Crippen LogP contribution in [0.4, 0.5) is 0 Å². The molecule has 5 nitrogen and oxygen atoms in total. The summed E-state index contributed by atoms with van der Waals surface area (Å²) < 4.78 is 0. The number of hydrogen-bond acceptors (Lipinski definition) is 5. The fourth-order valence-corrected chi connectivity index (χ4v) is 5.26. The first-order valence-corrected chi connectivity index (χ1v) is 11.0. The van der Waals surface area contributed by atoms with Crippen LogP contribution in [0.2, 0.25) is 0 Å². The SMILES string of the molecule is CC(=O)SCC(C)C(=O)N1CC(Sc2ccc3ccccc3c2)C[C@H]1C(=O)O. The number of hydrogen-bond donors (Lipinski definition) is 1. The average Bonchev–Trinajstić information content (AvgIpc) is 3.09. The number of thioether (sulfide) groups is 2. The van der Waals surface area contributed by atoms with Gasteiger partial charge in [0.15, 0.2) is 5.12 Å². The molecule has 3 atom stereocenters. The van der Waals surface area contributed by atoms with Crippen molar-refractivity contribution in [2.24, 2.45) is 5.92 Å². The zero-order valence-electron chi connectivity index (χ0n) is 15.8. The molecule has 0 aromatic heterocycles. The van der Waals surface area contributed by atoms with Crippen molar-refractivity contribution < 1.29 is 19.5 Å². The smallest absolute Gasteiger partial charge is 0.326 e. The second kappa shape index (κ2) is 9.01. The number of aliphatic carboxylic acids is 1. The predicted octanol–water partition coefficient (Wildman–Crippen LogP) is 3.90. The molecule has 1 aliphatic heterocycles. The van der Waals surface area contributed by atoms with E-state index in [1.54, 1.807) is 18.7 Å². The molecule has 0 radical (unpaired) electrons. The molecule has 2 aromatic rings. The van der Waals surface area contributed by atoms with Gasteiger partial charge in [0, 0.05) is 35.3 Å². The number of fused-ring (bicyclic) bond motifs is 1. The first kappa shape index (κ1) is 20.7. The molecule has 0 aliphatic carbocycles. The molecule has 0 saturated carbocycles. The van der Waals surface area contributed by atoms with Crippen LogP contribution in [0.3, 0.4) is 0 Å². The zero-order valence-corrected chi connectivity index (χ0v) is 17.5. The third kappa shape index (κ3) is 4.89. The maximum atomic E-state index is 12.8. The lowest BCUT2D eigenvalue weighted by Crippen LogP contribution is -2.43. The van der Waals surface area contributed by atoms with Gasteiger partial charge in [0.1, 0.15) is 6.04 Å². The normalized spacial score (nSPS) is 20.3.